The monoisotopic (exact) mass is 374 g/mol. The zero-order valence-corrected chi connectivity index (χ0v) is 15.4. The van der Waals surface area contributed by atoms with Crippen molar-refractivity contribution < 1.29 is 9.53 Å². The molecule has 4 rings (SSSR count). The fourth-order valence-corrected chi connectivity index (χ4v) is 4.28. The minimum atomic E-state index is -0.207. The zero-order chi connectivity index (χ0) is 18.0. The summed E-state index contributed by atoms with van der Waals surface area (Å²) in [4.78, 5) is 12.8. The molecular formula is C19H23ClN4O2. The lowest BCUT2D eigenvalue weighted by Crippen LogP contribution is -2.45. The molecule has 0 bridgehead atoms. The van der Waals surface area contributed by atoms with Crippen LogP contribution in [0.2, 0.25) is 5.02 Å². The fourth-order valence-electron chi connectivity index (χ4n) is 3.94. The first-order valence-electron chi connectivity index (χ1n) is 9.07. The van der Waals surface area contributed by atoms with E-state index in [2.05, 4.69) is 26.9 Å². The number of rotatable bonds is 4. The molecule has 1 amide bonds. The van der Waals surface area contributed by atoms with Crippen LogP contribution in [0.5, 0.6) is 0 Å². The first-order chi connectivity index (χ1) is 12.7. The average molecular weight is 375 g/mol. The van der Waals surface area contributed by atoms with E-state index in [0.717, 1.165) is 47.7 Å². The molecule has 0 spiro atoms. The van der Waals surface area contributed by atoms with Gasteiger partial charge in [-0.15, -0.1) is 0 Å². The van der Waals surface area contributed by atoms with Crippen molar-refractivity contribution >= 4 is 17.5 Å². The number of halogens is 1. The Balaban J connectivity index is 1.55. The number of H-pyrrole nitrogens is 1. The summed E-state index contributed by atoms with van der Waals surface area (Å²) < 4.78 is 5.56. The smallest absolute Gasteiger partial charge is 0.272 e. The zero-order valence-electron chi connectivity index (χ0n) is 14.6. The molecule has 0 radical (unpaired) electrons. The summed E-state index contributed by atoms with van der Waals surface area (Å²) in [5.41, 5.74) is 3.40. The number of nitrogens with zero attached hydrogens (tertiary/aromatic N) is 1. The Morgan fingerprint density at radius 1 is 1.31 bits per heavy atom. The molecule has 1 saturated heterocycles. The number of aromatic amines is 1. The summed E-state index contributed by atoms with van der Waals surface area (Å²) in [6.45, 7) is 3.45. The maximum atomic E-state index is 12.8. The van der Waals surface area contributed by atoms with Gasteiger partial charge >= 0.3 is 0 Å². The number of hydrogen-bond acceptors (Lipinski definition) is 4. The average Bonchev–Trinajstić information content (AvgIpc) is 3.11. The van der Waals surface area contributed by atoms with E-state index in [4.69, 9.17) is 16.3 Å². The van der Waals surface area contributed by atoms with Gasteiger partial charge in [0.2, 0.25) is 0 Å². The van der Waals surface area contributed by atoms with Gasteiger partial charge in [0.05, 0.1) is 0 Å². The van der Waals surface area contributed by atoms with Crippen LogP contribution in [0.1, 0.15) is 40.2 Å². The normalized spacial score (nSPS) is 19.0. The van der Waals surface area contributed by atoms with Gasteiger partial charge in [-0.25, -0.2) is 0 Å². The van der Waals surface area contributed by atoms with Crippen molar-refractivity contribution in [2.45, 2.75) is 31.2 Å². The first kappa shape index (κ1) is 17.5. The minimum Gasteiger partial charge on any atom is -0.381 e. The quantitative estimate of drug-likeness (QED) is 0.766. The number of ether oxygens (including phenoxy) is 1. The van der Waals surface area contributed by atoms with Crippen LogP contribution < -0.4 is 10.6 Å². The molecular weight excluding hydrogens is 352 g/mol. The molecule has 138 valence electrons. The summed E-state index contributed by atoms with van der Waals surface area (Å²) in [7, 11) is 0. The molecule has 26 heavy (non-hydrogen) atoms. The highest BCUT2D eigenvalue weighted by Crippen LogP contribution is 2.38. The second-order valence-electron chi connectivity index (χ2n) is 7.01. The number of aromatic nitrogens is 2. The van der Waals surface area contributed by atoms with Gasteiger partial charge in [-0.05, 0) is 24.5 Å². The van der Waals surface area contributed by atoms with Crippen molar-refractivity contribution in [1.29, 1.82) is 0 Å². The van der Waals surface area contributed by atoms with Crippen LogP contribution in [-0.2, 0) is 23.1 Å². The van der Waals surface area contributed by atoms with E-state index in [0.29, 0.717) is 32.0 Å². The van der Waals surface area contributed by atoms with Crippen LogP contribution in [0.4, 0.5) is 0 Å². The van der Waals surface area contributed by atoms with Gasteiger partial charge in [0.1, 0.15) is 0 Å². The molecule has 1 aromatic carbocycles. The van der Waals surface area contributed by atoms with E-state index in [1.165, 1.54) is 0 Å². The van der Waals surface area contributed by atoms with Gasteiger partial charge in [-0.2, -0.15) is 5.10 Å². The van der Waals surface area contributed by atoms with Gasteiger partial charge in [-0.1, -0.05) is 29.8 Å². The Hall–Kier alpha value is -1.89. The second kappa shape index (κ2) is 7.39. The predicted octanol–water partition coefficient (Wildman–Crippen LogP) is 2.19. The molecule has 6 nitrogen and oxygen atoms in total. The van der Waals surface area contributed by atoms with Crippen molar-refractivity contribution in [2.24, 2.45) is 0 Å². The van der Waals surface area contributed by atoms with Crippen molar-refractivity contribution in [3.63, 3.8) is 0 Å². The van der Waals surface area contributed by atoms with Crippen LogP contribution >= 0.6 is 11.6 Å². The van der Waals surface area contributed by atoms with E-state index >= 15 is 0 Å². The number of carbonyl (C=O) groups is 1. The third-order valence-corrected chi connectivity index (χ3v) is 5.83. The van der Waals surface area contributed by atoms with Crippen molar-refractivity contribution in [3.8, 4) is 0 Å². The highest BCUT2D eigenvalue weighted by molar-refractivity contribution is 6.31. The minimum absolute atomic E-state index is 0.135. The molecule has 2 aliphatic rings. The highest BCUT2D eigenvalue weighted by atomic mass is 35.5. The van der Waals surface area contributed by atoms with Gasteiger partial charge in [-0.3, -0.25) is 9.89 Å². The number of fused-ring (bicyclic) bond motifs is 1. The maximum Gasteiger partial charge on any atom is 0.272 e. The molecule has 0 aliphatic carbocycles. The third-order valence-electron chi connectivity index (χ3n) is 5.50. The van der Waals surface area contributed by atoms with Crippen LogP contribution in [-0.4, -0.2) is 42.4 Å². The summed E-state index contributed by atoms with van der Waals surface area (Å²) in [5, 5.41) is 14.4. The lowest BCUT2D eigenvalue weighted by atomic mass is 9.74. The molecule has 7 heteroatoms. The van der Waals surface area contributed by atoms with Crippen molar-refractivity contribution in [1.82, 2.24) is 20.8 Å². The molecule has 0 saturated carbocycles. The summed E-state index contributed by atoms with van der Waals surface area (Å²) in [6, 6.07) is 7.89. The fraction of sp³-hybridized carbons (Fsp3) is 0.474. The van der Waals surface area contributed by atoms with Gasteiger partial charge in [0, 0.05) is 61.0 Å². The standard InChI is InChI=1S/C19H23ClN4O2/c20-15-4-2-1-3-14(15)19(6-9-26-10-7-19)12-22-18(25)17-13-11-21-8-5-16(13)23-24-17/h1-4,21H,5-12H2,(H,22,25)(H,23,24). The lowest BCUT2D eigenvalue weighted by molar-refractivity contribution is 0.0487. The number of carbonyl (C=O) groups excluding carboxylic acids is 1. The van der Waals surface area contributed by atoms with E-state index in [-0.39, 0.29) is 11.3 Å². The summed E-state index contributed by atoms with van der Waals surface area (Å²) in [5.74, 6) is -0.135. The number of amides is 1. The van der Waals surface area contributed by atoms with E-state index in [1.807, 2.05) is 18.2 Å². The first-order valence-corrected chi connectivity index (χ1v) is 9.45. The number of hydrogen-bond donors (Lipinski definition) is 3. The molecule has 0 atom stereocenters. The van der Waals surface area contributed by atoms with Crippen LogP contribution in [0.15, 0.2) is 24.3 Å². The lowest BCUT2D eigenvalue weighted by Gasteiger charge is -2.38. The number of benzene rings is 1. The molecule has 0 unspecified atom stereocenters. The third kappa shape index (κ3) is 3.24. The van der Waals surface area contributed by atoms with Gasteiger partial charge < -0.3 is 15.4 Å². The highest BCUT2D eigenvalue weighted by Gasteiger charge is 2.36. The SMILES string of the molecule is O=C(NCC1(c2ccccc2Cl)CCOCC1)c1n[nH]c2c1CNCC2. The van der Waals surface area contributed by atoms with Crippen molar-refractivity contribution in [3.05, 3.63) is 51.8 Å². The Labute approximate surface area is 157 Å². The number of nitrogens with one attached hydrogen (secondary N) is 3. The Kier molecular flexibility index (Phi) is 4.98. The molecule has 3 heterocycles. The van der Waals surface area contributed by atoms with Gasteiger partial charge in [0.15, 0.2) is 5.69 Å². The summed E-state index contributed by atoms with van der Waals surface area (Å²) >= 11 is 6.48. The van der Waals surface area contributed by atoms with Crippen molar-refractivity contribution in [2.75, 3.05) is 26.3 Å². The van der Waals surface area contributed by atoms with E-state index < -0.39 is 0 Å². The summed E-state index contributed by atoms with van der Waals surface area (Å²) in [6.07, 6.45) is 2.53. The largest absolute Gasteiger partial charge is 0.381 e. The topological polar surface area (TPSA) is 79.0 Å². The van der Waals surface area contributed by atoms with E-state index in [1.54, 1.807) is 0 Å². The Morgan fingerprint density at radius 3 is 2.92 bits per heavy atom. The predicted molar refractivity (Wildman–Crippen MR) is 99.5 cm³/mol. The van der Waals surface area contributed by atoms with E-state index in [9.17, 15) is 4.79 Å². The van der Waals surface area contributed by atoms with Crippen LogP contribution in [0.3, 0.4) is 0 Å². The van der Waals surface area contributed by atoms with Crippen LogP contribution in [0, 0.1) is 0 Å². The Bertz CT molecular complexity index is 799. The van der Waals surface area contributed by atoms with Crippen LogP contribution in [0.25, 0.3) is 0 Å². The second-order valence-corrected chi connectivity index (χ2v) is 7.42. The molecule has 1 fully saturated rings. The molecule has 2 aromatic rings. The molecule has 1 aromatic heterocycles. The van der Waals surface area contributed by atoms with Gasteiger partial charge in [0.25, 0.3) is 5.91 Å². The Morgan fingerprint density at radius 2 is 2.12 bits per heavy atom. The molecule has 2 aliphatic heterocycles. The maximum absolute atomic E-state index is 12.8. The molecule has 3 N–H and O–H groups in total.